The Hall–Kier alpha value is -1.07. The number of benzene rings is 1. The average Bonchev–Trinajstić information content (AvgIpc) is 2.29. The van der Waals surface area contributed by atoms with Crippen LogP contribution in [0.1, 0.15) is 17.3 Å². The third kappa shape index (κ3) is 3.20. The van der Waals surface area contributed by atoms with Crippen LogP contribution >= 0.6 is 27.5 Å². The van der Waals surface area contributed by atoms with E-state index in [0.717, 1.165) is 4.90 Å². The van der Waals surface area contributed by atoms with Crippen LogP contribution in [0, 0.1) is 0 Å². The Balaban J connectivity index is 2.96. The minimum atomic E-state index is -1.05. The van der Waals surface area contributed by atoms with Gasteiger partial charge in [-0.25, -0.2) is 4.79 Å². The van der Waals surface area contributed by atoms with Crippen LogP contribution in [0.3, 0.4) is 0 Å². The van der Waals surface area contributed by atoms with Gasteiger partial charge in [0.1, 0.15) is 6.04 Å². The summed E-state index contributed by atoms with van der Waals surface area (Å²) in [6, 6.07) is 3.82. The summed E-state index contributed by atoms with van der Waals surface area (Å²) < 4.78 is 0.599. The zero-order valence-electron chi connectivity index (χ0n) is 9.28. The summed E-state index contributed by atoms with van der Waals surface area (Å²) in [6.45, 7) is 1.45. The first-order valence-corrected chi connectivity index (χ1v) is 5.96. The second-order valence-corrected chi connectivity index (χ2v) is 4.82. The molecule has 92 valence electrons. The minimum Gasteiger partial charge on any atom is -0.480 e. The van der Waals surface area contributed by atoms with Crippen LogP contribution in [-0.4, -0.2) is 35.0 Å². The van der Waals surface area contributed by atoms with Gasteiger partial charge in [0.25, 0.3) is 5.91 Å². The van der Waals surface area contributed by atoms with E-state index in [2.05, 4.69) is 15.9 Å². The van der Waals surface area contributed by atoms with Crippen molar-refractivity contribution in [2.24, 2.45) is 0 Å². The van der Waals surface area contributed by atoms with E-state index in [4.69, 9.17) is 16.7 Å². The van der Waals surface area contributed by atoms with Crippen LogP contribution in [-0.2, 0) is 4.79 Å². The lowest BCUT2D eigenvalue weighted by Crippen LogP contribution is -2.40. The minimum absolute atomic E-state index is 0.364. The van der Waals surface area contributed by atoms with Crippen LogP contribution in [0.2, 0.25) is 5.02 Å². The molecule has 1 aromatic rings. The molecule has 0 aliphatic rings. The Morgan fingerprint density at radius 2 is 2.06 bits per heavy atom. The zero-order valence-corrected chi connectivity index (χ0v) is 11.6. The van der Waals surface area contributed by atoms with Crippen molar-refractivity contribution in [3.8, 4) is 0 Å². The molecule has 1 N–H and O–H groups in total. The largest absolute Gasteiger partial charge is 0.480 e. The van der Waals surface area contributed by atoms with E-state index in [1.165, 1.54) is 14.0 Å². The van der Waals surface area contributed by atoms with Crippen molar-refractivity contribution in [3.05, 3.63) is 33.3 Å². The molecule has 0 radical (unpaired) electrons. The van der Waals surface area contributed by atoms with Gasteiger partial charge in [0.05, 0.1) is 5.02 Å². The van der Waals surface area contributed by atoms with Crippen LogP contribution in [0.15, 0.2) is 22.7 Å². The number of carbonyl (C=O) groups is 2. The molecule has 6 heteroatoms. The zero-order chi connectivity index (χ0) is 13.2. The summed E-state index contributed by atoms with van der Waals surface area (Å²) in [5, 5.41) is 9.32. The Morgan fingerprint density at radius 1 is 1.47 bits per heavy atom. The fourth-order valence-electron chi connectivity index (χ4n) is 1.17. The molecule has 17 heavy (non-hydrogen) atoms. The van der Waals surface area contributed by atoms with E-state index in [1.54, 1.807) is 18.2 Å². The van der Waals surface area contributed by atoms with Crippen molar-refractivity contribution < 1.29 is 14.7 Å². The molecule has 0 saturated heterocycles. The van der Waals surface area contributed by atoms with E-state index in [1.807, 2.05) is 0 Å². The molecule has 0 aliphatic carbocycles. The summed E-state index contributed by atoms with van der Waals surface area (Å²) in [5.74, 6) is -1.41. The van der Waals surface area contributed by atoms with Crippen molar-refractivity contribution >= 4 is 39.4 Å². The van der Waals surface area contributed by atoms with Gasteiger partial charge < -0.3 is 10.0 Å². The third-order valence-corrected chi connectivity index (χ3v) is 3.64. The molecule has 1 amide bonds. The maximum absolute atomic E-state index is 12.0. The molecular weight excluding hydrogens is 309 g/mol. The Bertz CT molecular complexity index is 464. The fraction of sp³-hybridized carbons (Fsp3) is 0.273. The normalized spacial score (nSPS) is 12.0. The molecule has 1 atom stereocenters. The van der Waals surface area contributed by atoms with E-state index in [9.17, 15) is 9.59 Å². The number of carboxylic acids is 1. The molecule has 1 rings (SSSR count). The molecule has 0 heterocycles. The Morgan fingerprint density at radius 3 is 2.53 bits per heavy atom. The number of nitrogens with zero attached hydrogens (tertiary/aromatic N) is 1. The highest BCUT2D eigenvalue weighted by Gasteiger charge is 2.22. The topological polar surface area (TPSA) is 57.6 Å². The molecule has 0 aromatic heterocycles. The highest BCUT2D eigenvalue weighted by Crippen LogP contribution is 2.23. The van der Waals surface area contributed by atoms with Crippen LogP contribution in [0.25, 0.3) is 0 Å². The number of halogens is 2. The van der Waals surface area contributed by atoms with Crippen molar-refractivity contribution in [2.75, 3.05) is 7.05 Å². The lowest BCUT2D eigenvalue weighted by molar-refractivity contribution is -0.141. The highest BCUT2D eigenvalue weighted by atomic mass is 79.9. The fourth-order valence-corrected chi connectivity index (χ4v) is 1.67. The predicted octanol–water partition coefficient (Wildman–Crippen LogP) is 2.65. The second-order valence-electron chi connectivity index (χ2n) is 3.56. The molecule has 0 spiro atoms. The second kappa shape index (κ2) is 5.51. The number of amides is 1. The molecule has 0 bridgehead atoms. The highest BCUT2D eigenvalue weighted by molar-refractivity contribution is 9.10. The summed E-state index contributed by atoms with van der Waals surface area (Å²) in [5.41, 5.74) is 0.386. The quantitative estimate of drug-likeness (QED) is 0.931. The van der Waals surface area contributed by atoms with Gasteiger partial charge >= 0.3 is 5.97 Å². The Labute approximate surface area is 112 Å². The van der Waals surface area contributed by atoms with Gasteiger partial charge in [0.2, 0.25) is 0 Å². The number of rotatable bonds is 3. The summed E-state index contributed by atoms with van der Waals surface area (Å²) >= 11 is 9.02. The van der Waals surface area contributed by atoms with Gasteiger partial charge in [-0.1, -0.05) is 11.6 Å². The van der Waals surface area contributed by atoms with Gasteiger partial charge in [-0.05, 0) is 41.1 Å². The number of hydrogen-bond acceptors (Lipinski definition) is 2. The standard InChI is InChI=1S/C11H11BrClNO3/c1-6(11(16)17)14(2)10(15)7-3-4-9(13)8(12)5-7/h3-6H,1-2H3,(H,16,17). The molecule has 0 saturated carbocycles. The van der Waals surface area contributed by atoms with Gasteiger partial charge in [-0.3, -0.25) is 4.79 Å². The molecular formula is C11H11BrClNO3. The van der Waals surface area contributed by atoms with Crippen LogP contribution < -0.4 is 0 Å². The maximum Gasteiger partial charge on any atom is 0.326 e. The number of carbonyl (C=O) groups excluding carboxylic acids is 1. The Kier molecular flexibility index (Phi) is 4.54. The van der Waals surface area contributed by atoms with Crippen LogP contribution in [0.5, 0.6) is 0 Å². The monoisotopic (exact) mass is 319 g/mol. The lowest BCUT2D eigenvalue weighted by atomic mass is 10.2. The van der Waals surface area contributed by atoms with Crippen molar-refractivity contribution in [3.63, 3.8) is 0 Å². The van der Waals surface area contributed by atoms with Crippen molar-refractivity contribution in [1.82, 2.24) is 4.90 Å². The number of likely N-dealkylation sites (N-methyl/N-ethyl adjacent to an activating group) is 1. The maximum atomic E-state index is 12.0. The first-order chi connectivity index (χ1) is 7.84. The van der Waals surface area contributed by atoms with Crippen molar-refractivity contribution in [2.45, 2.75) is 13.0 Å². The first kappa shape index (κ1) is 14.0. The average molecular weight is 321 g/mol. The van der Waals surface area contributed by atoms with Gasteiger partial charge in [-0.2, -0.15) is 0 Å². The number of carboxylic acid groups (broad SMARTS) is 1. The number of aliphatic carboxylic acids is 1. The molecule has 1 unspecified atom stereocenters. The smallest absolute Gasteiger partial charge is 0.326 e. The SMILES string of the molecule is CC(C(=O)O)N(C)C(=O)c1ccc(Cl)c(Br)c1. The molecule has 0 fully saturated rings. The summed E-state index contributed by atoms with van der Waals surface area (Å²) in [4.78, 5) is 23.9. The van der Waals surface area contributed by atoms with Crippen molar-refractivity contribution in [1.29, 1.82) is 0 Å². The van der Waals surface area contributed by atoms with E-state index >= 15 is 0 Å². The van der Waals surface area contributed by atoms with E-state index < -0.39 is 12.0 Å². The van der Waals surface area contributed by atoms with Gasteiger partial charge in [0, 0.05) is 17.1 Å². The van der Waals surface area contributed by atoms with Gasteiger partial charge in [0.15, 0.2) is 0 Å². The third-order valence-electron chi connectivity index (χ3n) is 2.43. The molecule has 1 aromatic carbocycles. The molecule has 0 aliphatic heterocycles. The summed E-state index contributed by atoms with van der Waals surface area (Å²) in [6.07, 6.45) is 0. The van der Waals surface area contributed by atoms with Gasteiger partial charge in [-0.15, -0.1) is 0 Å². The predicted molar refractivity (Wildman–Crippen MR) is 68.3 cm³/mol. The van der Waals surface area contributed by atoms with Crippen LogP contribution in [0.4, 0.5) is 0 Å². The van der Waals surface area contributed by atoms with E-state index in [0.29, 0.717) is 15.1 Å². The first-order valence-electron chi connectivity index (χ1n) is 4.79. The van der Waals surface area contributed by atoms with E-state index in [-0.39, 0.29) is 5.91 Å². The lowest BCUT2D eigenvalue weighted by Gasteiger charge is -2.21. The number of hydrogen-bond donors (Lipinski definition) is 1. The molecule has 4 nitrogen and oxygen atoms in total. The summed E-state index contributed by atoms with van der Waals surface area (Å²) in [7, 11) is 1.45.